The Balaban J connectivity index is 1.16. The van der Waals surface area contributed by atoms with Crippen LogP contribution in [0.1, 0.15) is 61.0 Å². The number of carbonyl (C=O) groups excluding carboxylic acids is 1. The van der Waals surface area contributed by atoms with Crippen molar-refractivity contribution in [1.29, 1.82) is 0 Å². The van der Waals surface area contributed by atoms with Crippen LogP contribution in [-0.4, -0.2) is 59.4 Å². The van der Waals surface area contributed by atoms with Gasteiger partial charge in [-0.25, -0.2) is 0 Å². The number of rotatable bonds is 7. The zero-order valence-electron chi connectivity index (χ0n) is 22.0. The first-order valence-corrected chi connectivity index (χ1v) is 13.7. The highest BCUT2D eigenvalue weighted by Gasteiger charge is 2.24. The molecule has 0 bridgehead atoms. The first-order chi connectivity index (χ1) is 18.5. The Morgan fingerprint density at radius 2 is 1.68 bits per heavy atom. The molecule has 3 aromatic rings. The predicted molar refractivity (Wildman–Crippen MR) is 145 cm³/mol. The maximum Gasteiger partial charge on any atom is 0.387 e. The third-order valence-corrected chi connectivity index (χ3v) is 7.75. The summed E-state index contributed by atoms with van der Waals surface area (Å²) >= 11 is 0. The molecule has 2 aromatic carbocycles. The Morgan fingerprint density at radius 3 is 2.37 bits per heavy atom. The van der Waals surface area contributed by atoms with E-state index in [1.54, 1.807) is 12.1 Å². The zero-order chi connectivity index (χ0) is 26.5. The maximum atomic E-state index is 13.2. The second kappa shape index (κ2) is 12.1. The molecular formula is C29H37F2N5O2. The molecule has 204 valence electrons. The Bertz CT molecular complexity index is 1210. The molecular weight excluding hydrogens is 488 g/mol. The molecule has 0 spiro atoms. The normalized spacial score (nSPS) is 17.9. The molecule has 2 aliphatic rings. The highest BCUT2D eigenvalue weighted by atomic mass is 19.3. The van der Waals surface area contributed by atoms with E-state index in [1.165, 1.54) is 37.8 Å². The Morgan fingerprint density at radius 1 is 1.00 bits per heavy atom. The summed E-state index contributed by atoms with van der Waals surface area (Å²) in [5.41, 5.74) is 3.71. The van der Waals surface area contributed by atoms with Gasteiger partial charge in [-0.05, 0) is 61.6 Å². The Labute approximate surface area is 222 Å². The number of anilines is 1. The maximum absolute atomic E-state index is 13.2. The van der Waals surface area contributed by atoms with E-state index in [1.807, 2.05) is 29.9 Å². The number of carbonyl (C=O) groups is 1. The van der Waals surface area contributed by atoms with Crippen LogP contribution in [0.25, 0.3) is 10.9 Å². The molecule has 0 aliphatic carbocycles. The van der Waals surface area contributed by atoms with E-state index in [0.29, 0.717) is 5.69 Å². The SMILES string of the molecule is Cn1nc(C(=O)NC2CCN(Cc3ccc(OC(F)F)cc3)CC2)c2ccc(N3CCCCCCC3)cc21. The molecule has 0 unspecified atom stereocenters. The van der Waals surface area contributed by atoms with Gasteiger partial charge in [0, 0.05) is 56.9 Å². The second-order valence-corrected chi connectivity index (χ2v) is 10.5. The fraction of sp³-hybridized carbons (Fsp3) is 0.517. The molecule has 38 heavy (non-hydrogen) atoms. The smallest absolute Gasteiger partial charge is 0.387 e. The molecule has 5 rings (SSSR count). The standard InChI is InChI=1S/C29H37F2N5O2/c1-34-26-19-23(36-15-5-3-2-4-6-16-36)9-12-25(26)27(33-34)28(37)32-22-13-17-35(18-14-22)20-21-7-10-24(11-8-21)38-29(30)31/h7-12,19,22,29H,2-6,13-18,20H2,1H3,(H,32,37). The van der Waals surface area contributed by atoms with E-state index in [2.05, 4.69) is 37.1 Å². The summed E-state index contributed by atoms with van der Waals surface area (Å²) in [7, 11) is 1.90. The van der Waals surface area contributed by atoms with Gasteiger partial charge in [0.05, 0.1) is 5.52 Å². The summed E-state index contributed by atoms with van der Waals surface area (Å²) in [5, 5.41) is 8.68. The lowest BCUT2D eigenvalue weighted by Gasteiger charge is -2.32. The molecule has 0 atom stereocenters. The minimum absolute atomic E-state index is 0.0953. The van der Waals surface area contributed by atoms with Crippen molar-refractivity contribution in [3.8, 4) is 5.75 Å². The zero-order valence-corrected chi connectivity index (χ0v) is 22.0. The van der Waals surface area contributed by atoms with Crippen LogP contribution in [0.3, 0.4) is 0 Å². The van der Waals surface area contributed by atoms with Gasteiger partial charge in [-0.1, -0.05) is 31.4 Å². The summed E-state index contributed by atoms with van der Waals surface area (Å²) in [6.45, 7) is 1.78. The van der Waals surface area contributed by atoms with Crippen LogP contribution < -0.4 is 15.0 Å². The molecule has 9 heteroatoms. The quantitative estimate of drug-likeness (QED) is 0.451. The van der Waals surface area contributed by atoms with Crippen molar-refractivity contribution in [2.24, 2.45) is 7.05 Å². The number of hydrogen-bond acceptors (Lipinski definition) is 5. The molecule has 2 aliphatic heterocycles. The van der Waals surface area contributed by atoms with E-state index in [-0.39, 0.29) is 17.7 Å². The lowest BCUT2D eigenvalue weighted by Crippen LogP contribution is -2.44. The molecule has 7 nitrogen and oxygen atoms in total. The summed E-state index contributed by atoms with van der Waals surface area (Å²) in [6.07, 6.45) is 8.06. The minimum Gasteiger partial charge on any atom is -0.435 e. The monoisotopic (exact) mass is 525 g/mol. The first kappa shape index (κ1) is 26.4. The molecule has 1 N–H and O–H groups in total. The van der Waals surface area contributed by atoms with Crippen LogP contribution >= 0.6 is 0 Å². The second-order valence-electron chi connectivity index (χ2n) is 10.5. The molecule has 2 fully saturated rings. The van der Waals surface area contributed by atoms with Gasteiger partial charge in [-0.15, -0.1) is 0 Å². The summed E-state index contributed by atoms with van der Waals surface area (Å²) in [4.78, 5) is 18.0. The van der Waals surface area contributed by atoms with Crippen LogP contribution in [-0.2, 0) is 13.6 Å². The summed E-state index contributed by atoms with van der Waals surface area (Å²) in [5.74, 6) is 0.0449. The first-order valence-electron chi connectivity index (χ1n) is 13.7. The van der Waals surface area contributed by atoms with Gasteiger partial charge in [0.25, 0.3) is 5.91 Å². The number of likely N-dealkylation sites (tertiary alicyclic amines) is 1. The van der Waals surface area contributed by atoms with Crippen molar-refractivity contribution < 1.29 is 18.3 Å². The van der Waals surface area contributed by atoms with Gasteiger partial charge in [-0.2, -0.15) is 13.9 Å². The fourth-order valence-corrected chi connectivity index (χ4v) is 5.64. The van der Waals surface area contributed by atoms with E-state index in [0.717, 1.165) is 62.0 Å². The van der Waals surface area contributed by atoms with E-state index < -0.39 is 6.61 Å². The third kappa shape index (κ3) is 6.43. The van der Waals surface area contributed by atoms with Crippen LogP contribution in [0, 0.1) is 0 Å². The Hall–Kier alpha value is -3.20. The van der Waals surface area contributed by atoms with Crippen molar-refractivity contribution in [3.05, 3.63) is 53.7 Å². The molecule has 3 heterocycles. The molecule has 0 radical (unpaired) electrons. The minimum atomic E-state index is -2.81. The van der Waals surface area contributed by atoms with E-state index in [4.69, 9.17) is 0 Å². The number of ether oxygens (including phenoxy) is 1. The van der Waals surface area contributed by atoms with Crippen LogP contribution in [0.2, 0.25) is 0 Å². The number of nitrogens with zero attached hydrogens (tertiary/aromatic N) is 4. The molecule has 2 saturated heterocycles. The van der Waals surface area contributed by atoms with Gasteiger partial charge in [-0.3, -0.25) is 14.4 Å². The van der Waals surface area contributed by atoms with Crippen LogP contribution in [0.15, 0.2) is 42.5 Å². The van der Waals surface area contributed by atoms with Crippen molar-refractivity contribution in [1.82, 2.24) is 20.0 Å². The van der Waals surface area contributed by atoms with Crippen molar-refractivity contribution in [3.63, 3.8) is 0 Å². The average molecular weight is 526 g/mol. The molecule has 0 saturated carbocycles. The van der Waals surface area contributed by atoms with Crippen molar-refractivity contribution >= 4 is 22.5 Å². The number of alkyl halides is 2. The van der Waals surface area contributed by atoms with E-state index >= 15 is 0 Å². The summed E-state index contributed by atoms with van der Waals surface area (Å²) in [6, 6.07) is 13.2. The average Bonchev–Trinajstić information content (AvgIpc) is 3.22. The number of fused-ring (bicyclic) bond motifs is 1. The van der Waals surface area contributed by atoms with E-state index in [9.17, 15) is 13.6 Å². The number of benzene rings is 2. The number of halogens is 2. The number of piperidine rings is 1. The fourth-order valence-electron chi connectivity index (χ4n) is 5.64. The number of aryl methyl sites for hydroxylation is 1. The number of nitrogens with one attached hydrogen (secondary N) is 1. The molecule has 1 aromatic heterocycles. The van der Waals surface area contributed by atoms with Gasteiger partial charge in [0.1, 0.15) is 5.75 Å². The number of amides is 1. The topological polar surface area (TPSA) is 62.6 Å². The van der Waals surface area contributed by atoms with Crippen LogP contribution in [0.5, 0.6) is 5.75 Å². The highest BCUT2D eigenvalue weighted by Crippen LogP contribution is 2.27. The van der Waals surface area contributed by atoms with Crippen molar-refractivity contribution in [2.45, 2.75) is 64.1 Å². The number of hydrogen-bond donors (Lipinski definition) is 1. The van der Waals surface area contributed by atoms with Gasteiger partial charge < -0.3 is 15.0 Å². The molecule has 1 amide bonds. The Kier molecular flexibility index (Phi) is 8.42. The largest absolute Gasteiger partial charge is 0.435 e. The lowest BCUT2D eigenvalue weighted by molar-refractivity contribution is -0.0498. The number of aromatic nitrogens is 2. The van der Waals surface area contributed by atoms with Crippen molar-refractivity contribution in [2.75, 3.05) is 31.1 Å². The van der Waals surface area contributed by atoms with Gasteiger partial charge in [0.15, 0.2) is 5.69 Å². The third-order valence-electron chi connectivity index (χ3n) is 7.75. The highest BCUT2D eigenvalue weighted by molar-refractivity contribution is 6.05. The predicted octanol–water partition coefficient (Wildman–Crippen LogP) is 5.34. The van der Waals surface area contributed by atoms with Gasteiger partial charge >= 0.3 is 6.61 Å². The van der Waals surface area contributed by atoms with Gasteiger partial charge in [0.2, 0.25) is 0 Å². The summed E-state index contributed by atoms with van der Waals surface area (Å²) < 4.78 is 30.9. The van der Waals surface area contributed by atoms with Crippen LogP contribution in [0.4, 0.5) is 14.5 Å². The lowest BCUT2D eigenvalue weighted by atomic mass is 10.0.